The average molecular weight is 267 g/mol. The largest absolute Gasteiger partial charge is 0.480 e. The Balaban J connectivity index is 2.07. The van der Waals surface area contributed by atoms with Crippen LogP contribution in [0.4, 0.5) is 4.39 Å². The summed E-state index contributed by atoms with van der Waals surface area (Å²) in [6, 6.07) is 4.15. The second kappa shape index (κ2) is 5.57. The van der Waals surface area contributed by atoms with E-state index < -0.39 is 18.0 Å². The van der Waals surface area contributed by atoms with Crippen molar-refractivity contribution < 1.29 is 19.0 Å². The summed E-state index contributed by atoms with van der Waals surface area (Å²) >= 11 is 0. The summed E-state index contributed by atoms with van der Waals surface area (Å²) < 4.78 is 18.7. The third-order valence-electron chi connectivity index (χ3n) is 3.02. The number of carbonyl (C=O) groups is 1. The van der Waals surface area contributed by atoms with Gasteiger partial charge in [-0.25, -0.2) is 4.39 Å². The Hall–Kier alpha value is -1.62. The Morgan fingerprint density at radius 3 is 2.74 bits per heavy atom. The first-order chi connectivity index (χ1) is 8.97. The van der Waals surface area contributed by atoms with Gasteiger partial charge in [0, 0.05) is 17.7 Å². The predicted molar refractivity (Wildman–Crippen MR) is 68.3 cm³/mol. The van der Waals surface area contributed by atoms with Crippen LogP contribution in [0.1, 0.15) is 38.4 Å². The minimum absolute atomic E-state index is 0.202. The van der Waals surface area contributed by atoms with Crippen LogP contribution >= 0.6 is 0 Å². The molecule has 1 aliphatic rings. The van der Waals surface area contributed by atoms with E-state index in [1.807, 2.05) is 0 Å². The molecule has 2 atom stereocenters. The first-order valence-electron chi connectivity index (χ1n) is 6.42. The highest BCUT2D eigenvalue weighted by Crippen LogP contribution is 2.27. The molecular weight excluding hydrogens is 249 g/mol. The summed E-state index contributed by atoms with van der Waals surface area (Å²) in [6.07, 6.45) is 0.489. The van der Waals surface area contributed by atoms with Gasteiger partial charge in [-0.05, 0) is 38.8 Å². The Morgan fingerprint density at radius 1 is 1.47 bits per heavy atom. The minimum Gasteiger partial charge on any atom is -0.480 e. The summed E-state index contributed by atoms with van der Waals surface area (Å²) in [4.78, 5) is 11.8. The van der Waals surface area contributed by atoms with Crippen molar-refractivity contribution in [3.8, 4) is 5.75 Å². The number of rotatable bonds is 5. The van der Waals surface area contributed by atoms with Crippen LogP contribution in [-0.4, -0.2) is 23.2 Å². The third kappa shape index (κ3) is 3.67. The number of hydrogen-bond donors (Lipinski definition) is 2. The van der Waals surface area contributed by atoms with Gasteiger partial charge < -0.3 is 15.2 Å². The number of hydrogen-bond acceptors (Lipinski definition) is 3. The van der Waals surface area contributed by atoms with Crippen LogP contribution in [0.2, 0.25) is 0 Å². The van der Waals surface area contributed by atoms with Crippen LogP contribution in [0.15, 0.2) is 18.2 Å². The van der Waals surface area contributed by atoms with Crippen molar-refractivity contribution in [2.24, 2.45) is 0 Å². The van der Waals surface area contributed by atoms with Crippen LogP contribution in [0.5, 0.6) is 5.75 Å². The SMILES string of the molecule is CC(Oc1cc(F)ccc1C(C)O)C(=O)NC1CC1. The van der Waals surface area contributed by atoms with E-state index >= 15 is 0 Å². The number of halogens is 1. The van der Waals surface area contributed by atoms with Gasteiger partial charge in [0.25, 0.3) is 5.91 Å². The normalized spacial score (nSPS) is 17.7. The quantitative estimate of drug-likeness (QED) is 0.857. The van der Waals surface area contributed by atoms with Crippen molar-refractivity contribution in [2.75, 3.05) is 0 Å². The van der Waals surface area contributed by atoms with Crippen molar-refractivity contribution >= 4 is 5.91 Å². The van der Waals surface area contributed by atoms with E-state index in [-0.39, 0.29) is 17.7 Å². The molecule has 4 nitrogen and oxygen atoms in total. The number of benzene rings is 1. The third-order valence-corrected chi connectivity index (χ3v) is 3.02. The molecule has 1 aliphatic carbocycles. The summed E-state index contributed by atoms with van der Waals surface area (Å²) in [6.45, 7) is 3.17. The molecular formula is C14H18FNO3. The molecule has 2 unspecified atom stereocenters. The highest BCUT2D eigenvalue weighted by molar-refractivity contribution is 5.81. The molecule has 0 aromatic heterocycles. The van der Waals surface area contributed by atoms with Crippen LogP contribution in [0.3, 0.4) is 0 Å². The van der Waals surface area contributed by atoms with Gasteiger partial charge in [0.05, 0.1) is 6.10 Å². The van der Waals surface area contributed by atoms with Gasteiger partial charge in [0.15, 0.2) is 6.10 Å². The maximum Gasteiger partial charge on any atom is 0.260 e. The zero-order chi connectivity index (χ0) is 14.0. The molecule has 1 amide bonds. The molecule has 1 aromatic rings. The first-order valence-corrected chi connectivity index (χ1v) is 6.42. The molecule has 1 fully saturated rings. The summed E-state index contributed by atoms with van der Waals surface area (Å²) in [5, 5.41) is 12.4. The second-order valence-corrected chi connectivity index (χ2v) is 4.90. The van der Waals surface area contributed by atoms with Crippen molar-refractivity contribution in [2.45, 2.75) is 44.9 Å². The number of ether oxygens (including phenoxy) is 1. The fourth-order valence-corrected chi connectivity index (χ4v) is 1.75. The maximum atomic E-state index is 13.2. The minimum atomic E-state index is -0.783. The molecule has 0 spiro atoms. The zero-order valence-electron chi connectivity index (χ0n) is 11.0. The molecule has 1 aromatic carbocycles. The van der Waals surface area contributed by atoms with Crippen molar-refractivity contribution in [3.63, 3.8) is 0 Å². The van der Waals surface area contributed by atoms with Gasteiger partial charge in [-0.1, -0.05) is 0 Å². The van der Waals surface area contributed by atoms with Crippen molar-refractivity contribution in [1.29, 1.82) is 0 Å². The number of nitrogens with one attached hydrogen (secondary N) is 1. The maximum absolute atomic E-state index is 13.2. The van der Waals surface area contributed by atoms with Gasteiger partial charge in [-0.15, -0.1) is 0 Å². The Bertz CT molecular complexity index is 472. The summed E-state index contributed by atoms with van der Waals surface area (Å²) in [5.74, 6) is -0.481. The number of aliphatic hydroxyl groups excluding tert-OH is 1. The summed E-state index contributed by atoms with van der Waals surface area (Å²) in [5.41, 5.74) is 0.465. The van der Waals surface area contributed by atoms with Crippen molar-refractivity contribution in [1.82, 2.24) is 5.32 Å². The van der Waals surface area contributed by atoms with Gasteiger partial charge in [-0.3, -0.25) is 4.79 Å². The van der Waals surface area contributed by atoms with Crippen LogP contribution in [0.25, 0.3) is 0 Å². The molecule has 2 rings (SSSR count). The molecule has 0 radical (unpaired) electrons. The molecule has 0 bridgehead atoms. The van der Waals surface area contributed by atoms with E-state index in [0.717, 1.165) is 12.8 Å². The smallest absolute Gasteiger partial charge is 0.260 e. The van der Waals surface area contributed by atoms with E-state index in [4.69, 9.17) is 4.74 Å². The molecule has 1 saturated carbocycles. The monoisotopic (exact) mass is 267 g/mol. The number of aliphatic hydroxyl groups is 1. The van der Waals surface area contributed by atoms with E-state index in [1.165, 1.54) is 18.2 Å². The Labute approximate surface area is 111 Å². The highest BCUT2D eigenvalue weighted by Gasteiger charge is 2.26. The zero-order valence-corrected chi connectivity index (χ0v) is 11.0. The average Bonchev–Trinajstić information content (AvgIpc) is 3.12. The van der Waals surface area contributed by atoms with Crippen molar-refractivity contribution in [3.05, 3.63) is 29.6 Å². The number of carbonyl (C=O) groups excluding carboxylic acids is 1. The lowest BCUT2D eigenvalue weighted by atomic mass is 10.1. The molecule has 104 valence electrons. The number of amides is 1. The van der Waals surface area contributed by atoms with Crippen LogP contribution in [-0.2, 0) is 4.79 Å². The molecule has 2 N–H and O–H groups in total. The molecule has 0 saturated heterocycles. The van der Waals surface area contributed by atoms with E-state index in [2.05, 4.69) is 5.32 Å². The predicted octanol–water partition coefficient (Wildman–Crippen LogP) is 1.92. The molecule has 19 heavy (non-hydrogen) atoms. The fraction of sp³-hybridized carbons (Fsp3) is 0.500. The standard InChI is InChI=1S/C14H18FNO3/c1-8(17)12-6-3-10(15)7-13(12)19-9(2)14(18)16-11-4-5-11/h3,6-9,11,17H,4-5H2,1-2H3,(H,16,18). The topological polar surface area (TPSA) is 58.6 Å². The molecule has 0 aliphatic heterocycles. The van der Waals surface area contributed by atoms with Crippen LogP contribution in [0, 0.1) is 5.82 Å². The lowest BCUT2D eigenvalue weighted by molar-refractivity contribution is -0.127. The van der Waals surface area contributed by atoms with E-state index in [0.29, 0.717) is 5.56 Å². The first kappa shape index (κ1) is 13.8. The van der Waals surface area contributed by atoms with Crippen LogP contribution < -0.4 is 10.1 Å². The van der Waals surface area contributed by atoms with E-state index in [1.54, 1.807) is 13.8 Å². The Kier molecular flexibility index (Phi) is 4.04. The Morgan fingerprint density at radius 2 is 2.16 bits per heavy atom. The van der Waals surface area contributed by atoms with Gasteiger partial charge in [0.1, 0.15) is 11.6 Å². The second-order valence-electron chi connectivity index (χ2n) is 4.90. The van der Waals surface area contributed by atoms with E-state index in [9.17, 15) is 14.3 Å². The highest BCUT2D eigenvalue weighted by atomic mass is 19.1. The molecule has 0 heterocycles. The summed E-state index contributed by atoms with van der Waals surface area (Å²) in [7, 11) is 0. The van der Waals surface area contributed by atoms with Gasteiger partial charge >= 0.3 is 0 Å². The lowest BCUT2D eigenvalue weighted by Crippen LogP contribution is -2.37. The molecule has 5 heteroatoms. The lowest BCUT2D eigenvalue weighted by Gasteiger charge is -2.18. The fourth-order valence-electron chi connectivity index (χ4n) is 1.75. The van der Waals surface area contributed by atoms with Gasteiger partial charge in [-0.2, -0.15) is 0 Å². The van der Waals surface area contributed by atoms with Gasteiger partial charge in [0.2, 0.25) is 0 Å².